The van der Waals surface area contributed by atoms with Crippen LogP contribution in [0.4, 0.5) is 17.3 Å². The molecule has 0 aliphatic rings. The molecule has 0 bridgehead atoms. The van der Waals surface area contributed by atoms with E-state index in [9.17, 15) is 0 Å². The third kappa shape index (κ3) is 3.74. The van der Waals surface area contributed by atoms with Gasteiger partial charge in [0.05, 0.1) is 27.3 Å². The van der Waals surface area contributed by atoms with E-state index in [4.69, 9.17) is 27.9 Å². The van der Waals surface area contributed by atoms with Gasteiger partial charge in [0.2, 0.25) is 0 Å². The zero-order chi connectivity index (χ0) is 15.6. The Morgan fingerprint density at radius 3 is 2.33 bits per heavy atom. The fourth-order valence-corrected chi connectivity index (χ4v) is 3.39. The van der Waals surface area contributed by atoms with E-state index in [1.807, 2.05) is 12.1 Å². The number of nitrogens with one attached hydrogen (secondary N) is 2. The molecule has 0 saturated carbocycles. The Hall–Kier alpha value is -0.690. The highest BCUT2D eigenvalue weighted by Gasteiger charge is 2.12. The molecule has 0 saturated heterocycles. The maximum absolute atomic E-state index is 6.17. The minimum Gasteiger partial charge on any atom is -0.495 e. The SMILES string of the molecule is CNc1nc(Nc2cc(OC)c(Br)cc2Br)c(Cl)cc1Cl. The van der Waals surface area contributed by atoms with Gasteiger partial charge in [-0.1, -0.05) is 23.2 Å². The van der Waals surface area contributed by atoms with Gasteiger partial charge in [0, 0.05) is 17.6 Å². The largest absolute Gasteiger partial charge is 0.495 e. The summed E-state index contributed by atoms with van der Waals surface area (Å²) < 4.78 is 6.96. The molecule has 0 radical (unpaired) electrons. The van der Waals surface area contributed by atoms with Crippen molar-refractivity contribution in [2.24, 2.45) is 0 Å². The quantitative estimate of drug-likeness (QED) is 0.620. The van der Waals surface area contributed by atoms with Gasteiger partial charge < -0.3 is 15.4 Å². The van der Waals surface area contributed by atoms with Crippen LogP contribution in [0.5, 0.6) is 5.75 Å². The first-order valence-corrected chi connectivity index (χ1v) is 8.14. The van der Waals surface area contributed by atoms with Gasteiger partial charge in [-0.15, -0.1) is 0 Å². The van der Waals surface area contributed by atoms with E-state index in [-0.39, 0.29) is 0 Å². The molecule has 0 unspecified atom stereocenters. The lowest BCUT2D eigenvalue weighted by atomic mass is 10.3. The Balaban J connectivity index is 2.42. The van der Waals surface area contributed by atoms with Crippen LogP contribution in [-0.2, 0) is 0 Å². The summed E-state index contributed by atoms with van der Waals surface area (Å²) in [5, 5.41) is 6.95. The normalized spacial score (nSPS) is 10.4. The highest BCUT2D eigenvalue weighted by Crippen LogP contribution is 2.37. The molecule has 1 aromatic heterocycles. The van der Waals surface area contributed by atoms with Crippen LogP contribution >= 0.6 is 55.1 Å². The number of benzene rings is 1. The first kappa shape index (κ1) is 16.7. The fourth-order valence-electron chi connectivity index (χ4n) is 1.64. The number of hydrogen-bond donors (Lipinski definition) is 2. The van der Waals surface area contributed by atoms with E-state index >= 15 is 0 Å². The molecule has 0 fully saturated rings. The van der Waals surface area contributed by atoms with E-state index < -0.39 is 0 Å². The van der Waals surface area contributed by atoms with Crippen LogP contribution in [0.15, 0.2) is 27.1 Å². The van der Waals surface area contributed by atoms with Crippen molar-refractivity contribution in [3.8, 4) is 5.75 Å². The summed E-state index contributed by atoms with van der Waals surface area (Å²) in [6.07, 6.45) is 0. The number of aromatic nitrogens is 1. The number of anilines is 3. The maximum atomic E-state index is 6.17. The molecule has 2 N–H and O–H groups in total. The Morgan fingerprint density at radius 1 is 1.05 bits per heavy atom. The molecule has 2 rings (SSSR count). The van der Waals surface area contributed by atoms with E-state index in [0.717, 1.165) is 14.6 Å². The van der Waals surface area contributed by atoms with Crippen molar-refractivity contribution in [3.05, 3.63) is 37.2 Å². The second kappa shape index (κ2) is 7.05. The molecular formula is C13H11Br2Cl2N3O. The summed E-state index contributed by atoms with van der Waals surface area (Å²) >= 11 is 19.1. The number of pyridine rings is 1. The molecule has 1 aromatic carbocycles. The number of rotatable bonds is 4. The molecule has 8 heteroatoms. The van der Waals surface area contributed by atoms with Crippen LogP contribution in [0.1, 0.15) is 0 Å². The zero-order valence-electron chi connectivity index (χ0n) is 11.1. The number of nitrogens with zero attached hydrogens (tertiary/aromatic N) is 1. The van der Waals surface area contributed by atoms with Gasteiger partial charge in [-0.25, -0.2) is 4.98 Å². The van der Waals surface area contributed by atoms with Crippen molar-refractivity contribution in [1.29, 1.82) is 0 Å². The lowest BCUT2D eigenvalue weighted by Crippen LogP contribution is -2.00. The van der Waals surface area contributed by atoms with Crippen LogP contribution in [0.2, 0.25) is 10.0 Å². The molecule has 4 nitrogen and oxygen atoms in total. The van der Waals surface area contributed by atoms with E-state index in [1.54, 1.807) is 20.2 Å². The molecule has 0 aliphatic carbocycles. The predicted molar refractivity (Wildman–Crippen MR) is 95.5 cm³/mol. The molecule has 21 heavy (non-hydrogen) atoms. The van der Waals surface area contributed by atoms with Gasteiger partial charge >= 0.3 is 0 Å². The maximum Gasteiger partial charge on any atom is 0.151 e. The van der Waals surface area contributed by atoms with Gasteiger partial charge in [0.15, 0.2) is 5.82 Å². The van der Waals surface area contributed by atoms with Crippen molar-refractivity contribution in [2.75, 3.05) is 24.8 Å². The second-order valence-corrected chi connectivity index (χ2v) is 6.51. The highest BCUT2D eigenvalue weighted by molar-refractivity contribution is 9.11. The van der Waals surface area contributed by atoms with Crippen LogP contribution in [0, 0.1) is 0 Å². The first-order chi connectivity index (χ1) is 9.96. The molecule has 0 atom stereocenters. The van der Waals surface area contributed by atoms with Crippen molar-refractivity contribution in [2.45, 2.75) is 0 Å². The molecule has 0 aliphatic heterocycles. The van der Waals surface area contributed by atoms with Crippen molar-refractivity contribution in [1.82, 2.24) is 4.98 Å². The Morgan fingerprint density at radius 2 is 1.71 bits per heavy atom. The molecule has 1 heterocycles. The molecular weight excluding hydrogens is 445 g/mol. The average molecular weight is 456 g/mol. The number of methoxy groups -OCH3 is 1. The van der Waals surface area contributed by atoms with Gasteiger partial charge in [0.25, 0.3) is 0 Å². The van der Waals surface area contributed by atoms with Crippen molar-refractivity contribution >= 4 is 72.4 Å². The first-order valence-electron chi connectivity index (χ1n) is 5.80. The zero-order valence-corrected chi connectivity index (χ0v) is 15.8. The number of hydrogen-bond acceptors (Lipinski definition) is 4. The van der Waals surface area contributed by atoms with Gasteiger partial charge in [0.1, 0.15) is 11.6 Å². The summed E-state index contributed by atoms with van der Waals surface area (Å²) in [6, 6.07) is 5.35. The summed E-state index contributed by atoms with van der Waals surface area (Å²) in [6.45, 7) is 0. The standard InChI is InChI=1S/C13H11Br2Cl2N3O/c1-18-12-8(16)4-9(17)13(20-12)19-10-5-11(21-2)7(15)3-6(10)14/h3-5H,1-2H3,(H2,18,19,20). The van der Waals surface area contributed by atoms with E-state index in [0.29, 0.717) is 27.4 Å². The van der Waals surface area contributed by atoms with Crippen molar-refractivity contribution in [3.63, 3.8) is 0 Å². The molecule has 0 spiro atoms. The van der Waals surface area contributed by atoms with Crippen molar-refractivity contribution < 1.29 is 4.74 Å². The fraction of sp³-hybridized carbons (Fsp3) is 0.154. The summed E-state index contributed by atoms with van der Waals surface area (Å²) in [7, 11) is 3.34. The van der Waals surface area contributed by atoms with Crippen LogP contribution < -0.4 is 15.4 Å². The smallest absolute Gasteiger partial charge is 0.151 e. The summed E-state index contributed by atoms with van der Waals surface area (Å²) in [5.74, 6) is 1.74. The lowest BCUT2D eigenvalue weighted by molar-refractivity contribution is 0.412. The number of ether oxygens (including phenoxy) is 1. The summed E-state index contributed by atoms with van der Waals surface area (Å²) in [5.41, 5.74) is 0.772. The van der Waals surface area contributed by atoms with Gasteiger partial charge in [-0.3, -0.25) is 0 Å². The lowest BCUT2D eigenvalue weighted by Gasteiger charge is -2.14. The average Bonchev–Trinajstić information content (AvgIpc) is 2.44. The summed E-state index contributed by atoms with van der Waals surface area (Å²) in [4.78, 5) is 4.35. The molecule has 112 valence electrons. The molecule has 2 aromatic rings. The number of halogens is 4. The monoisotopic (exact) mass is 453 g/mol. The van der Waals surface area contributed by atoms with Crippen LogP contribution in [0.3, 0.4) is 0 Å². The predicted octanol–water partition coefficient (Wildman–Crippen LogP) is 5.71. The Bertz CT molecular complexity index is 625. The Labute approximate surface area is 149 Å². The highest BCUT2D eigenvalue weighted by atomic mass is 79.9. The third-order valence-corrected chi connectivity index (χ3v) is 4.51. The second-order valence-electron chi connectivity index (χ2n) is 3.99. The van der Waals surface area contributed by atoms with Crippen LogP contribution in [-0.4, -0.2) is 19.1 Å². The van der Waals surface area contributed by atoms with Gasteiger partial charge in [-0.2, -0.15) is 0 Å². The third-order valence-electron chi connectivity index (χ3n) is 2.66. The minimum absolute atomic E-state index is 0.424. The van der Waals surface area contributed by atoms with E-state index in [1.165, 1.54) is 0 Å². The Kier molecular flexibility index (Phi) is 5.60. The van der Waals surface area contributed by atoms with Gasteiger partial charge in [-0.05, 0) is 44.0 Å². The van der Waals surface area contributed by atoms with Crippen LogP contribution in [0.25, 0.3) is 0 Å². The minimum atomic E-state index is 0.424. The molecule has 0 amide bonds. The topological polar surface area (TPSA) is 46.2 Å². The van der Waals surface area contributed by atoms with E-state index in [2.05, 4.69) is 47.5 Å².